The standard InChI is InChI=1S/C11H14Cl2/c1-2-10(12)8-7-9-5-3-4-6-11(9)13/h3-6,10H,2,7-8H2,1H3. The zero-order chi connectivity index (χ0) is 9.68. The molecule has 2 heteroatoms. The molecule has 1 unspecified atom stereocenters. The molecule has 0 fully saturated rings. The maximum absolute atomic E-state index is 6.02. The molecule has 0 heterocycles. The Labute approximate surface area is 89.9 Å². The Morgan fingerprint density at radius 2 is 2.00 bits per heavy atom. The van der Waals surface area contributed by atoms with Crippen LogP contribution in [0.25, 0.3) is 0 Å². The first kappa shape index (κ1) is 10.9. The summed E-state index contributed by atoms with van der Waals surface area (Å²) in [6.45, 7) is 2.10. The van der Waals surface area contributed by atoms with E-state index in [-0.39, 0.29) is 5.38 Å². The van der Waals surface area contributed by atoms with Crippen molar-refractivity contribution in [1.29, 1.82) is 0 Å². The van der Waals surface area contributed by atoms with Crippen LogP contribution in [0.1, 0.15) is 25.3 Å². The number of aryl methyl sites for hydroxylation is 1. The summed E-state index contributed by atoms with van der Waals surface area (Å²) in [6, 6.07) is 7.94. The second kappa shape index (κ2) is 5.51. The molecule has 0 aliphatic rings. The molecule has 13 heavy (non-hydrogen) atoms. The normalized spacial score (nSPS) is 12.8. The van der Waals surface area contributed by atoms with E-state index in [2.05, 4.69) is 13.0 Å². The average Bonchev–Trinajstić information content (AvgIpc) is 2.16. The van der Waals surface area contributed by atoms with Crippen molar-refractivity contribution in [1.82, 2.24) is 0 Å². The van der Waals surface area contributed by atoms with Crippen molar-refractivity contribution in [2.45, 2.75) is 31.6 Å². The van der Waals surface area contributed by atoms with Gasteiger partial charge in [0.15, 0.2) is 0 Å². The lowest BCUT2D eigenvalue weighted by molar-refractivity contribution is 0.727. The molecule has 0 amide bonds. The van der Waals surface area contributed by atoms with E-state index >= 15 is 0 Å². The van der Waals surface area contributed by atoms with Crippen molar-refractivity contribution in [3.63, 3.8) is 0 Å². The van der Waals surface area contributed by atoms with Gasteiger partial charge in [-0.05, 0) is 30.9 Å². The number of hydrogen-bond donors (Lipinski definition) is 0. The van der Waals surface area contributed by atoms with Crippen molar-refractivity contribution < 1.29 is 0 Å². The minimum Gasteiger partial charge on any atom is -0.123 e. The van der Waals surface area contributed by atoms with Gasteiger partial charge in [0, 0.05) is 10.4 Å². The molecule has 0 aliphatic carbocycles. The van der Waals surface area contributed by atoms with Crippen molar-refractivity contribution in [3.8, 4) is 0 Å². The molecule has 1 aromatic rings. The van der Waals surface area contributed by atoms with Gasteiger partial charge in [-0.25, -0.2) is 0 Å². The van der Waals surface area contributed by atoms with Crippen LogP contribution in [0, 0.1) is 0 Å². The fourth-order valence-corrected chi connectivity index (χ4v) is 1.56. The molecule has 0 aliphatic heterocycles. The Hall–Kier alpha value is -0.200. The Bertz CT molecular complexity index is 258. The van der Waals surface area contributed by atoms with Gasteiger partial charge in [0.25, 0.3) is 0 Å². The van der Waals surface area contributed by atoms with Gasteiger partial charge >= 0.3 is 0 Å². The van der Waals surface area contributed by atoms with Crippen LogP contribution in [0.2, 0.25) is 5.02 Å². The molecule has 0 nitrogen and oxygen atoms in total. The maximum Gasteiger partial charge on any atom is 0.0437 e. The highest BCUT2D eigenvalue weighted by Gasteiger charge is 2.03. The van der Waals surface area contributed by atoms with Crippen LogP contribution in [0.15, 0.2) is 24.3 Å². The van der Waals surface area contributed by atoms with E-state index in [4.69, 9.17) is 23.2 Å². The summed E-state index contributed by atoms with van der Waals surface area (Å²) in [5, 5.41) is 1.12. The number of alkyl halides is 1. The minimum absolute atomic E-state index is 0.274. The van der Waals surface area contributed by atoms with Crippen LogP contribution in [0.4, 0.5) is 0 Å². The van der Waals surface area contributed by atoms with Crippen molar-refractivity contribution in [2.24, 2.45) is 0 Å². The van der Waals surface area contributed by atoms with E-state index in [1.54, 1.807) is 0 Å². The summed E-state index contributed by atoms with van der Waals surface area (Å²) in [5.74, 6) is 0. The Balaban J connectivity index is 2.50. The summed E-state index contributed by atoms with van der Waals surface area (Å²) in [7, 11) is 0. The monoisotopic (exact) mass is 216 g/mol. The smallest absolute Gasteiger partial charge is 0.0437 e. The van der Waals surface area contributed by atoms with E-state index in [0.29, 0.717) is 0 Å². The first-order chi connectivity index (χ1) is 6.24. The third kappa shape index (κ3) is 3.58. The minimum atomic E-state index is 0.274. The van der Waals surface area contributed by atoms with Gasteiger partial charge in [0.05, 0.1) is 0 Å². The van der Waals surface area contributed by atoms with Crippen molar-refractivity contribution in [3.05, 3.63) is 34.9 Å². The molecule has 1 atom stereocenters. The molecule has 1 rings (SSSR count). The second-order valence-corrected chi connectivity index (χ2v) is 4.16. The summed E-state index contributed by atoms with van der Waals surface area (Å²) in [4.78, 5) is 0. The SMILES string of the molecule is CCC(Cl)CCc1ccccc1Cl. The average molecular weight is 217 g/mol. The maximum atomic E-state index is 6.02. The molecule has 0 saturated heterocycles. The lowest BCUT2D eigenvalue weighted by atomic mass is 10.1. The van der Waals surface area contributed by atoms with E-state index in [0.717, 1.165) is 24.3 Å². The van der Waals surface area contributed by atoms with Gasteiger partial charge < -0.3 is 0 Å². The van der Waals surface area contributed by atoms with Crippen LogP contribution in [0.3, 0.4) is 0 Å². The number of hydrogen-bond acceptors (Lipinski definition) is 0. The van der Waals surface area contributed by atoms with Crippen LogP contribution >= 0.6 is 23.2 Å². The topological polar surface area (TPSA) is 0 Å². The third-order valence-electron chi connectivity index (χ3n) is 2.13. The highest BCUT2D eigenvalue weighted by molar-refractivity contribution is 6.31. The first-order valence-electron chi connectivity index (χ1n) is 4.61. The van der Waals surface area contributed by atoms with Crippen LogP contribution in [-0.2, 0) is 6.42 Å². The van der Waals surface area contributed by atoms with Gasteiger partial charge in [-0.15, -0.1) is 11.6 Å². The molecular formula is C11H14Cl2. The van der Waals surface area contributed by atoms with E-state index in [1.807, 2.05) is 18.2 Å². The second-order valence-electron chi connectivity index (χ2n) is 3.14. The summed E-state index contributed by atoms with van der Waals surface area (Å²) in [6.07, 6.45) is 3.00. The molecule has 0 bridgehead atoms. The van der Waals surface area contributed by atoms with Crippen LogP contribution < -0.4 is 0 Å². The summed E-state index contributed by atoms with van der Waals surface area (Å²) >= 11 is 12.0. The summed E-state index contributed by atoms with van der Waals surface area (Å²) in [5.41, 5.74) is 1.20. The third-order valence-corrected chi connectivity index (χ3v) is 3.02. The van der Waals surface area contributed by atoms with Crippen LogP contribution in [0.5, 0.6) is 0 Å². The first-order valence-corrected chi connectivity index (χ1v) is 5.43. The molecule has 0 radical (unpaired) electrons. The zero-order valence-electron chi connectivity index (χ0n) is 7.76. The number of rotatable bonds is 4. The van der Waals surface area contributed by atoms with Gasteiger partial charge in [-0.3, -0.25) is 0 Å². The van der Waals surface area contributed by atoms with E-state index in [9.17, 15) is 0 Å². The Morgan fingerprint density at radius 3 is 2.62 bits per heavy atom. The fraction of sp³-hybridized carbons (Fsp3) is 0.455. The van der Waals surface area contributed by atoms with E-state index in [1.165, 1.54) is 5.56 Å². The highest BCUT2D eigenvalue weighted by atomic mass is 35.5. The largest absolute Gasteiger partial charge is 0.123 e. The van der Waals surface area contributed by atoms with Crippen LogP contribution in [-0.4, -0.2) is 5.38 Å². The predicted molar refractivity (Wildman–Crippen MR) is 59.7 cm³/mol. The molecule has 72 valence electrons. The predicted octanol–water partition coefficient (Wildman–Crippen LogP) is 4.29. The zero-order valence-corrected chi connectivity index (χ0v) is 9.28. The van der Waals surface area contributed by atoms with Gasteiger partial charge in [0.1, 0.15) is 0 Å². The lowest BCUT2D eigenvalue weighted by Crippen LogP contribution is -1.98. The van der Waals surface area contributed by atoms with Gasteiger partial charge in [-0.2, -0.15) is 0 Å². The number of benzene rings is 1. The number of halogens is 2. The molecular weight excluding hydrogens is 203 g/mol. The van der Waals surface area contributed by atoms with E-state index < -0.39 is 0 Å². The molecule has 0 spiro atoms. The highest BCUT2D eigenvalue weighted by Crippen LogP contribution is 2.19. The van der Waals surface area contributed by atoms with Crippen molar-refractivity contribution in [2.75, 3.05) is 0 Å². The quantitative estimate of drug-likeness (QED) is 0.660. The van der Waals surface area contributed by atoms with Crippen molar-refractivity contribution >= 4 is 23.2 Å². The fourth-order valence-electron chi connectivity index (χ4n) is 1.22. The Kier molecular flexibility index (Phi) is 4.61. The van der Waals surface area contributed by atoms with Gasteiger partial charge in [-0.1, -0.05) is 36.7 Å². The molecule has 0 saturated carbocycles. The molecule has 0 aromatic heterocycles. The van der Waals surface area contributed by atoms with Gasteiger partial charge in [0.2, 0.25) is 0 Å². The Morgan fingerprint density at radius 1 is 1.31 bits per heavy atom. The summed E-state index contributed by atoms with van der Waals surface area (Å²) < 4.78 is 0. The molecule has 1 aromatic carbocycles. The molecule has 0 N–H and O–H groups in total. The lowest BCUT2D eigenvalue weighted by Gasteiger charge is -2.07.